The Kier molecular flexibility index (Phi) is 2.13. The summed E-state index contributed by atoms with van der Waals surface area (Å²) in [7, 11) is 0. The topological polar surface area (TPSA) is 54.6 Å². The first kappa shape index (κ1) is 9.02. The minimum Gasteiger partial charge on any atom is -0.481 e. The Labute approximate surface area is 84.8 Å². The largest absolute Gasteiger partial charge is 0.481 e. The van der Waals surface area contributed by atoms with Gasteiger partial charge in [-0.3, -0.25) is 4.79 Å². The zero-order chi connectivity index (χ0) is 10.1. The molecule has 0 radical (unpaired) electrons. The van der Waals surface area contributed by atoms with Crippen LogP contribution < -0.4 is 0 Å². The van der Waals surface area contributed by atoms with E-state index >= 15 is 0 Å². The molecule has 5 heteroatoms. The number of carboxylic acids is 1. The van der Waals surface area contributed by atoms with Crippen LogP contribution in [0.15, 0.2) is 24.7 Å². The summed E-state index contributed by atoms with van der Waals surface area (Å²) in [6.45, 7) is 0. The van der Waals surface area contributed by atoms with Gasteiger partial charge in [0.05, 0.1) is 11.9 Å². The molecule has 0 amide bonds. The number of carboxylic acid groups (broad SMARTS) is 1. The lowest BCUT2D eigenvalue weighted by molar-refractivity contribution is -0.136. The molecule has 0 bridgehead atoms. The summed E-state index contributed by atoms with van der Waals surface area (Å²) in [5, 5.41) is 9.02. The van der Waals surface area contributed by atoms with Crippen LogP contribution in [0, 0.1) is 0 Å². The predicted molar refractivity (Wildman–Crippen MR) is 51.5 cm³/mol. The van der Waals surface area contributed by atoms with E-state index in [0.717, 1.165) is 11.1 Å². The number of fused-ring (bicyclic) bond motifs is 1. The third kappa shape index (κ3) is 1.56. The van der Waals surface area contributed by atoms with Gasteiger partial charge in [0.1, 0.15) is 6.33 Å². The van der Waals surface area contributed by atoms with Crippen molar-refractivity contribution in [1.29, 1.82) is 0 Å². The fraction of sp³-hybridized carbons (Fsp3) is 0.111. The first-order valence-electron chi connectivity index (χ1n) is 3.99. The van der Waals surface area contributed by atoms with Gasteiger partial charge in [0.2, 0.25) is 0 Å². The summed E-state index contributed by atoms with van der Waals surface area (Å²) >= 11 is 5.78. The Morgan fingerprint density at radius 2 is 2.36 bits per heavy atom. The van der Waals surface area contributed by atoms with Gasteiger partial charge in [-0.05, 0) is 11.6 Å². The van der Waals surface area contributed by atoms with Gasteiger partial charge in [-0.25, -0.2) is 4.98 Å². The minimum absolute atomic E-state index is 0.00569. The molecule has 72 valence electrons. The van der Waals surface area contributed by atoms with Crippen LogP contribution in [0.4, 0.5) is 0 Å². The number of nitrogens with zero attached hydrogens (tertiary/aromatic N) is 2. The molecule has 0 aliphatic rings. The Morgan fingerprint density at radius 1 is 1.57 bits per heavy atom. The maximum Gasteiger partial charge on any atom is 0.307 e. The highest BCUT2D eigenvalue weighted by atomic mass is 35.5. The van der Waals surface area contributed by atoms with Crippen molar-refractivity contribution >= 4 is 23.1 Å². The molecule has 2 heterocycles. The number of aromatic nitrogens is 2. The van der Waals surface area contributed by atoms with Crippen molar-refractivity contribution in [3.8, 4) is 0 Å². The van der Waals surface area contributed by atoms with Crippen molar-refractivity contribution in [3.05, 3.63) is 35.4 Å². The number of carbonyl (C=O) groups is 1. The number of imidazole rings is 1. The second-order valence-electron chi connectivity index (χ2n) is 2.94. The van der Waals surface area contributed by atoms with Crippen LogP contribution in [0.25, 0.3) is 5.52 Å². The highest BCUT2D eigenvalue weighted by Gasteiger charge is 2.04. The molecule has 2 aromatic heterocycles. The second kappa shape index (κ2) is 3.31. The van der Waals surface area contributed by atoms with Crippen molar-refractivity contribution < 1.29 is 9.90 Å². The molecular formula is C9H7ClN2O2. The van der Waals surface area contributed by atoms with Crippen molar-refractivity contribution in [2.45, 2.75) is 6.42 Å². The van der Waals surface area contributed by atoms with E-state index in [0.29, 0.717) is 5.15 Å². The lowest BCUT2D eigenvalue weighted by Crippen LogP contribution is -2.00. The maximum atomic E-state index is 10.5. The number of hydrogen-bond acceptors (Lipinski definition) is 2. The Morgan fingerprint density at radius 3 is 3.07 bits per heavy atom. The monoisotopic (exact) mass is 210 g/mol. The number of rotatable bonds is 2. The molecule has 0 saturated heterocycles. The standard InChI is InChI=1S/C9H7ClN2O2/c10-9-7-2-1-6(3-8(13)14)4-12(7)5-11-9/h1-2,4-5H,3H2,(H,13,14). The molecule has 0 fully saturated rings. The van der Waals surface area contributed by atoms with Gasteiger partial charge in [-0.2, -0.15) is 0 Å². The average molecular weight is 211 g/mol. The molecule has 2 aromatic rings. The third-order valence-electron chi connectivity index (χ3n) is 1.90. The summed E-state index contributed by atoms with van der Waals surface area (Å²) in [6.07, 6.45) is 3.27. The fourth-order valence-electron chi connectivity index (χ4n) is 1.29. The molecule has 0 aromatic carbocycles. The molecule has 4 nitrogen and oxygen atoms in total. The van der Waals surface area contributed by atoms with Gasteiger partial charge >= 0.3 is 5.97 Å². The van der Waals surface area contributed by atoms with Crippen molar-refractivity contribution in [2.75, 3.05) is 0 Å². The van der Waals surface area contributed by atoms with Crippen molar-refractivity contribution in [3.63, 3.8) is 0 Å². The lowest BCUT2D eigenvalue weighted by atomic mass is 10.2. The fourth-order valence-corrected chi connectivity index (χ4v) is 1.50. The SMILES string of the molecule is O=C(O)Cc1ccc2c(Cl)ncn2c1. The molecule has 0 aliphatic heterocycles. The molecule has 0 aliphatic carbocycles. The van der Waals surface area contributed by atoms with Gasteiger partial charge in [0.15, 0.2) is 5.15 Å². The Hall–Kier alpha value is -1.55. The molecule has 0 spiro atoms. The van der Waals surface area contributed by atoms with Crippen molar-refractivity contribution in [2.24, 2.45) is 0 Å². The van der Waals surface area contributed by atoms with Crippen LogP contribution in [0.2, 0.25) is 5.15 Å². The van der Waals surface area contributed by atoms with Crippen molar-refractivity contribution in [1.82, 2.24) is 9.38 Å². The second-order valence-corrected chi connectivity index (χ2v) is 3.29. The number of halogens is 1. The van der Waals surface area contributed by atoms with E-state index in [1.807, 2.05) is 0 Å². The van der Waals surface area contributed by atoms with Crippen LogP contribution >= 0.6 is 11.6 Å². The van der Waals surface area contributed by atoms with Crippen LogP contribution in [-0.2, 0) is 11.2 Å². The minimum atomic E-state index is -0.851. The molecule has 2 rings (SSSR count). The van der Waals surface area contributed by atoms with Crippen LogP contribution in [0.5, 0.6) is 0 Å². The Bertz CT molecular complexity index is 493. The number of pyridine rings is 1. The molecule has 14 heavy (non-hydrogen) atoms. The molecule has 0 atom stereocenters. The Balaban J connectivity index is 2.46. The van der Waals surface area contributed by atoms with E-state index in [2.05, 4.69) is 4.98 Å². The van der Waals surface area contributed by atoms with Crippen LogP contribution in [0.1, 0.15) is 5.56 Å². The lowest BCUT2D eigenvalue weighted by Gasteiger charge is -1.98. The highest BCUT2D eigenvalue weighted by molar-refractivity contribution is 6.32. The number of aliphatic carboxylic acids is 1. The zero-order valence-electron chi connectivity index (χ0n) is 7.14. The van der Waals surface area contributed by atoms with Gasteiger partial charge in [-0.1, -0.05) is 17.7 Å². The van der Waals surface area contributed by atoms with Gasteiger partial charge in [-0.15, -0.1) is 0 Å². The summed E-state index contributed by atoms with van der Waals surface area (Å²) < 4.78 is 1.71. The molecular weight excluding hydrogens is 204 g/mol. The quantitative estimate of drug-likeness (QED) is 0.820. The summed E-state index contributed by atoms with van der Waals surface area (Å²) in [5.74, 6) is -0.851. The molecule has 0 saturated carbocycles. The highest BCUT2D eigenvalue weighted by Crippen LogP contribution is 2.15. The van der Waals surface area contributed by atoms with E-state index in [-0.39, 0.29) is 6.42 Å². The smallest absolute Gasteiger partial charge is 0.307 e. The summed E-state index contributed by atoms with van der Waals surface area (Å²) in [5.41, 5.74) is 1.50. The van der Waals surface area contributed by atoms with Crippen LogP contribution in [-0.4, -0.2) is 20.5 Å². The van der Waals surface area contributed by atoms with E-state index in [1.54, 1.807) is 29.1 Å². The van der Waals surface area contributed by atoms with E-state index in [4.69, 9.17) is 16.7 Å². The predicted octanol–water partition coefficient (Wildman–Crippen LogP) is 1.61. The third-order valence-corrected chi connectivity index (χ3v) is 2.19. The van der Waals surface area contributed by atoms with E-state index < -0.39 is 5.97 Å². The average Bonchev–Trinajstić information content (AvgIpc) is 2.46. The first-order valence-corrected chi connectivity index (χ1v) is 4.37. The molecule has 0 unspecified atom stereocenters. The molecule has 1 N–H and O–H groups in total. The van der Waals surface area contributed by atoms with E-state index in [1.165, 1.54) is 0 Å². The number of hydrogen-bond donors (Lipinski definition) is 1. The first-order chi connectivity index (χ1) is 6.66. The van der Waals surface area contributed by atoms with Gasteiger partial charge < -0.3 is 9.51 Å². The van der Waals surface area contributed by atoms with Crippen LogP contribution in [0.3, 0.4) is 0 Å². The maximum absolute atomic E-state index is 10.5. The zero-order valence-corrected chi connectivity index (χ0v) is 7.90. The summed E-state index contributed by atoms with van der Waals surface area (Å²) in [4.78, 5) is 14.4. The van der Waals surface area contributed by atoms with Gasteiger partial charge in [0.25, 0.3) is 0 Å². The normalized spacial score (nSPS) is 10.6. The van der Waals surface area contributed by atoms with E-state index in [9.17, 15) is 4.79 Å². The summed E-state index contributed by atoms with van der Waals surface area (Å²) in [6, 6.07) is 3.49. The van der Waals surface area contributed by atoms with Gasteiger partial charge in [0, 0.05) is 6.20 Å².